The number of unbranched alkanes of at least 4 members (excludes halogenated alkanes) is 1. The minimum atomic E-state index is -0.00654. The fourth-order valence-corrected chi connectivity index (χ4v) is 7.54. The van der Waals surface area contributed by atoms with Gasteiger partial charge in [-0.15, -0.1) is 0 Å². The summed E-state index contributed by atoms with van der Waals surface area (Å²) >= 11 is 0. The van der Waals surface area contributed by atoms with Gasteiger partial charge in [-0.25, -0.2) is 0 Å². The second-order valence-electron chi connectivity index (χ2n) is 15.1. The summed E-state index contributed by atoms with van der Waals surface area (Å²) < 4.78 is 6.23. The van der Waals surface area contributed by atoms with E-state index >= 15 is 0 Å². The molecule has 0 aliphatic carbocycles. The Hall–Kier alpha value is -7.37. The summed E-state index contributed by atoms with van der Waals surface area (Å²) in [6.07, 6.45) is 3.54. The Balaban J connectivity index is 0.974. The Morgan fingerprint density at radius 2 is 0.850 bits per heavy atom. The van der Waals surface area contributed by atoms with E-state index in [-0.39, 0.29) is 11.5 Å². The van der Waals surface area contributed by atoms with Crippen LogP contribution in [-0.4, -0.2) is 10.9 Å². The Morgan fingerprint density at radius 1 is 0.483 bits per heavy atom. The van der Waals surface area contributed by atoms with Crippen LogP contribution in [0.1, 0.15) is 60.5 Å². The molecule has 1 atom stereocenters. The number of phenolic OH excluding ortho intramolecular Hbond substituents is 1. The lowest BCUT2D eigenvalue weighted by Gasteiger charge is -2.26. The van der Waals surface area contributed by atoms with Gasteiger partial charge in [0, 0.05) is 45.3 Å². The van der Waals surface area contributed by atoms with Crippen LogP contribution in [0.4, 0.5) is 34.1 Å². The summed E-state index contributed by atoms with van der Waals surface area (Å²) in [5.41, 5.74) is 10.9. The Kier molecular flexibility index (Phi) is 12.2. The van der Waals surface area contributed by atoms with E-state index in [0.29, 0.717) is 28.5 Å². The molecule has 8 aromatic carbocycles. The summed E-state index contributed by atoms with van der Waals surface area (Å²) in [7, 11) is 0. The van der Waals surface area contributed by atoms with Gasteiger partial charge in [-0.2, -0.15) is 0 Å². The normalized spacial score (nSPS) is 11.4. The zero-order valence-corrected chi connectivity index (χ0v) is 34.0. The van der Waals surface area contributed by atoms with Crippen molar-refractivity contribution in [1.29, 1.82) is 0 Å². The molecular formula is C55H48N2O3. The first-order valence-corrected chi connectivity index (χ1v) is 20.7. The van der Waals surface area contributed by atoms with Gasteiger partial charge in [0.1, 0.15) is 17.2 Å². The van der Waals surface area contributed by atoms with E-state index in [1.165, 1.54) is 18.4 Å². The molecule has 1 unspecified atom stereocenters. The highest BCUT2D eigenvalue weighted by Gasteiger charge is 2.16. The van der Waals surface area contributed by atoms with Gasteiger partial charge in [0.25, 0.3) is 0 Å². The molecule has 0 amide bonds. The fourth-order valence-electron chi connectivity index (χ4n) is 7.54. The highest BCUT2D eigenvalue weighted by Crippen LogP contribution is 2.39. The van der Waals surface area contributed by atoms with Crippen molar-refractivity contribution < 1.29 is 14.6 Å². The van der Waals surface area contributed by atoms with Crippen molar-refractivity contribution in [3.8, 4) is 28.4 Å². The number of aromatic hydroxyl groups is 1. The number of phenols is 1. The van der Waals surface area contributed by atoms with Crippen LogP contribution in [0.3, 0.4) is 0 Å². The molecule has 0 heterocycles. The van der Waals surface area contributed by atoms with Gasteiger partial charge in [-0.1, -0.05) is 112 Å². The zero-order chi connectivity index (χ0) is 41.3. The number of ketones is 1. The minimum Gasteiger partial charge on any atom is -0.508 e. The molecule has 0 saturated heterocycles. The van der Waals surface area contributed by atoms with Crippen LogP contribution in [0, 0.1) is 0 Å². The number of para-hydroxylation sites is 2. The van der Waals surface area contributed by atoms with Gasteiger partial charge < -0.3 is 19.6 Å². The molecule has 0 aromatic heterocycles. The number of nitrogens with zero attached hydrogens (tertiary/aromatic N) is 2. The highest BCUT2D eigenvalue weighted by molar-refractivity contribution is 6.09. The zero-order valence-electron chi connectivity index (χ0n) is 34.0. The molecule has 8 aromatic rings. The van der Waals surface area contributed by atoms with E-state index in [4.69, 9.17) is 4.74 Å². The number of anilines is 6. The third-order valence-corrected chi connectivity index (χ3v) is 10.9. The van der Waals surface area contributed by atoms with Crippen molar-refractivity contribution in [2.45, 2.75) is 39.0 Å². The maximum Gasteiger partial charge on any atom is 0.193 e. The van der Waals surface area contributed by atoms with Gasteiger partial charge in [0.05, 0.1) is 0 Å². The molecule has 0 fully saturated rings. The third-order valence-electron chi connectivity index (χ3n) is 10.9. The van der Waals surface area contributed by atoms with Crippen LogP contribution < -0.4 is 14.5 Å². The largest absolute Gasteiger partial charge is 0.508 e. The van der Waals surface area contributed by atoms with E-state index in [1.54, 1.807) is 12.1 Å². The van der Waals surface area contributed by atoms with Crippen LogP contribution in [-0.2, 0) is 0 Å². The number of carbonyl (C=O) groups excluding carboxylic acids is 1. The SMILES string of the molecule is CCCCC(C)c1ccc(C(=O)c2ccc(Oc3ccc(N(c4ccc(O)cc4)c4ccc(-c5ccc(N(c6ccccc6)c6ccccc6)cc5)cc4)cc3)cc2)cc1. The molecule has 8 rings (SSSR count). The Labute approximate surface area is 353 Å². The van der Waals surface area contributed by atoms with Gasteiger partial charge in [0.2, 0.25) is 0 Å². The van der Waals surface area contributed by atoms with Gasteiger partial charge in [0.15, 0.2) is 5.78 Å². The molecule has 0 bridgehead atoms. The van der Waals surface area contributed by atoms with Crippen LogP contribution in [0.5, 0.6) is 17.2 Å². The minimum absolute atomic E-state index is 0.00654. The van der Waals surface area contributed by atoms with Crippen LogP contribution >= 0.6 is 0 Å². The van der Waals surface area contributed by atoms with E-state index in [9.17, 15) is 9.90 Å². The summed E-state index contributed by atoms with van der Waals surface area (Å²) in [6.45, 7) is 4.46. The summed E-state index contributed by atoms with van der Waals surface area (Å²) in [4.78, 5) is 17.7. The number of carbonyl (C=O) groups is 1. The van der Waals surface area contributed by atoms with E-state index in [1.807, 2.05) is 84.9 Å². The van der Waals surface area contributed by atoms with Gasteiger partial charge >= 0.3 is 0 Å². The maximum atomic E-state index is 13.3. The van der Waals surface area contributed by atoms with Gasteiger partial charge in [-0.05, 0) is 150 Å². The second kappa shape index (κ2) is 18.5. The first-order valence-electron chi connectivity index (χ1n) is 20.7. The lowest BCUT2D eigenvalue weighted by atomic mass is 9.93. The monoisotopic (exact) mass is 784 g/mol. The summed E-state index contributed by atoms with van der Waals surface area (Å²) in [5.74, 6) is 2.00. The van der Waals surface area contributed by atoms with Crippen LogP contribution in [0.25, 0.3) is 11.1 Å². The average Bonchev–Trinajstić information content (AvgIpc) is 3.31. The number of rotatable bonds is 15. The van der Waals surface area contributed by atoms with Crippen molar-refractivity contribution in [3.63, 3.8) is 0 Å². The third kappa shape index (κ3) is 9.17. The first-order chi connectivity index (χ1) is 29.4. The maximum absolute atomic E-state index is 13.3. The number of benzene rings is 8. The smallest absolute Gasteiger partial charge is 0.193 e. The predicted octanol–water partition coefficient (Wildman–Crippen LogP) is 15.3. The molecule has 0 spiro atoms. The Bertz CT molecular complexity index is 2550. The fraction of sp³-hybridized carbons (Fsp3) is 0.109. The molecule has 296 valence electrons. The van der Waals surface area contributed by atoms with E-state index in [0.717, 1.165) is 51.7 Å². The molecule has 0 aliphatic heterocycles. The van der Waals surface area contributed by atoms with Crippen molar-refractivity contribution in [3.05, 3.63) is 223 Å². The van der Waals surface area contributed by atoms with Crippen molar-refractivity contribution in [1.82, 2.24) is 0 Å². The van der Waals surface area contributed by atoms with Crippen LogP contribution in [0.2, 0.25) is 0 Å². The highest BCUT2D eigenvalue weighted by atomic mass is 16.5. The molecule has 5 heteroatoms. The molecule has 5 nitrogen and oxygen atoms in total. The van der Waals surface area contributed by atoms with Crippen molar-refractivity contribution in [2.75, 3.05) is 9.80 Å². The number of hydrogen-bond donors (Lipinski definition) is 1. The average molecular weight is 785 g/mol. The van der Waals surface area contributed by atoms with Crippen molar-refractivity contribution in [2.24, 2.45) is 0 Å². The lowest BCUT2D eigenvalue weighted by molar-refractivity contribution is 0.103. The van der Waals surface area contributed by atoms with Crippen LogP contribution in [0.15, 0.2) is 206 Å². The number of ether oxygens (including phenoxy) is 1. The standard InChI is InChI=1S/C55H48N2O3/c1-3-4-11-40(2)41-16-18-44(19-17-41)55(59)45-24-36-53(37-25-45)60-54-38-32-51(33-39-54)57(50-30-34-52(58)35-31-50)49-28-22-43(23-29-49)42-20-26-48(27-21-42)56(46-12-7-5-8-13-46)47-14-9-6-10-15-47/h5-10,12-40,58H,3-4,11H2,1-2H3. The van der Waals surface area contributed by atoms with Gasteiger partial charge in [-0.3, -0.25) is 4.79 Å². The van der Waals surface area contributed by atoms with E-state index in [2.05, 4.69) is 133 Å². The molecule has 0 aliphatic rings. The molecule has 60 heavy (non-hydrogen) atoms. The topological polar surface area (TPSA) is 53.0 Å². The molecular weight excluding hydrogens is 737 g/mol. The predicted molar refractivity (Wildman–Crippen MR) is 247 cm³/mol. The molecule has 1 N–H and O–H groups in total. The molecule has 0 radical (unpaired) electrons. The first kappa shape index (κ1) is 39.5. The molecule has 0 saturated carbocycles. The quantitative estimate of drug-likeness (QED) is 0.105. The second-order valence-corrected chi connectivity index (χ2v) is 15.1. The summed E-state index contributed by atoms with van der Waals surface area (Å²) in [5, 5.41) is 10.1. The summed E-state index contributed by atoms with van der Waals surface area (Å²) in [6, 6.07) is 68.5. The van der Waals surface area contributed by atoms with Crippen molar-refractivity contribution >= 4 is 39.9 Å². The number of hydrogen-bond acceptors (Lipinski definition) is 5. The lowest BCUT2D eigenvalue weighted by Crippen LogP contribution is -2.10. The van der Waals surface area contributed by atoms with E-state index < -0.39 is 0 Å². The Morgan fingerprint density at radius 3 is 1.28 bits per heavy atom.